The van der Waals surface area contributed by atoms with E-state index in [2.05, 4.69) is 10.3 Å². The summed E-state index contributed by atoms with van der Waals surface area (Å²) >= 11 is 0. The normalized spacial score (nSPS) is 19.1. The third-order valence-corrected chi connectivity index (χ3v) is 4.82. The Balaban J connectivity index is 1.55. The van der Waals surface area contributed by atoms with Crippen LogP contribution in [0.15, 0.2) is 36.5 Å². The number of amides is 1. The summed E-state index contributed by atoms with van der Waals surface area (Å²) in [6.07, 6.45) is 5.10. The lowest BCUT2D eigenvalue weighted by atomic mass is 9.92. The molecule has 1 aromatic carbocycles. The minimum atomic E-state index is -0.478. The maximum atomic E-state index is 13.6. The van der Waals surface area contributed by atoms with Crippen molar-refractivity contribution in [1.82, 2.24) is 10.3 Å². The topological polar surface area (TPSA) is 86.5 Å². The number of carbonyl (C=O) groups is 1. The van der Waals surface area contributed by atoms with E-state index in [1.807, 2.05) is 19.1 Å². The van der Waals surface area contributed by atoms with Crippen LogP contribution in [0.4, 0.5) is 4.39 Å². The van der Waals surface area contributed by atoms with Gasteiger partial charge in [-0.05, 0) is 62.9 Å². The molecule has 0 saturated heterocycles. The highest BCUT2D eigenvalue weighted by Gasteiger charge is 2.25. The summed E-state index contributed by atoms with van der Waals surface area (Å²) in [4.78, 5) is 16.9. The second-order valence-electron chi connectivity index (χ2n) is 6.93. The maximum Gasteiger partial charge on any atom is 0.255 e. The van der Waals surface area contributed by atoms with Crippen LogP contribution in [-0.2, 0) is 0 Å². The number of hydrogen-bond acceptors (Lipinski definition) is 5. The van der Waals surface area contributed by atoms with E-state index in [-0.39, 0.29) is 30.2 Å². The number of ether oxygens (including phenoxy) is 2. The number of aromatic nitrogens is 1. The van der Waals surface area contributed by atoms with Crippen molar-refractivity contribution in [2.24, 2.45) is 5.73 Å². The van der Waals surface area contributed by atoms with Crippen LogP contribution >= 0.6 is 0 Å². The van der Waals surface area contributed by atoms with E-state index in [1.165, 1.54) is 18.2 Å². The third-order valence-electron chi connectivity index (χ3n) is 4.82. The highest BCUT2D eigenvalue weighted by Crippen LogP contribution is 2.26. The van der Waals surface area contributed by atoms with Gasteiger partial charge in [-0.25, -0.2) is 4.39 Å². The minimum absolute atomic E-state index is 0.0213. The molecule has 1 aromatic heterocycles. The van der Waals surface area contributed by atoms with Gasteiger partial charge in [0, 0.05) is 18.8 Å². The van der Waals surface area contributed by atoms with Crippen molar-refractivity contribution in [2.45, 2.75) is 44.8 Å². The van der Waals surface area contributed by atoms with E-state index in [0.29, 0.717) is 12.3 Å². The van der Waals surface area contributed by atoms with Gasteiger partial charge in [0.2, 0.25) is 0 Å². The summed E-state index contributed by atoms with van der Waals surface area (Å²) in [6.45, 7) is 2.51. The van der Waals surface area contributed by atoms with Gasteiger partial charge in [0.1, 0.15) is 23.9 Å². The first-order valence-corrected chi connectivity index (χ1v) is 9.58. The fourth-order valence-corrected chi connectivity index (χ4v) is 3.34. The van der Waals surface area contributed by atoms with Crippen molar-refractivity contribution in [3.63, 3.8) is 0 Å². The molecule has 0 spiro atoms. The number of aryl methyl sites for hydroxylation is 1. The summed E-state index contributed by atoms with van der Waals surface area (Å²) < 4.78 is 25.1. The zero-order chi connectivity index (χ0) is 19.9. The largest absolute Gasteiger partial charge is 0.491 e. The molecule has 3 N–H and O–H groups in total. The lowest BCUT2D eigenvalue weighted by molar-refractivity contribution is 0.0889. The predicted octanol–water partition coefficient (Wildman–Crippen LogP) is 2.99. The van der Waals surface area contributed by atoms with Crippen molar-refractivity contribution in [3.8, 4) is 11.5 Å². The number of hydrogen-bond donors (Lipinski definition) is 2. The molecule has 1 aliphatic carbocycles. The zero-order valence-electron chi connectivity index (χ0n) is 16.0. The van der Waals surface area contributed by atoms with Gasteiger partial charge >= 0.3 is 0 Å². The molecule has 150 valence electrons. The monoisotopic (exact) mass is 387 g/mol. The van der Waals surface area contributed by atoms with E-state index in [9.17, 15) is 9.18 Å². The number of nitrogens with one attached hydrogen (secondary N) is 1. The van der Waals surface area contributed by atoms with Crippen molar-refractivity contribution < 1.29 is 18.7 Å². The Morgan fingerprint density at radius 1 is 1.25 bits per heavy atom. The number of pyridine rings is 1. The average Bonchev–Trinajstić information content (AvgIpc) is 2.70. The Morgan fingerprint density at radius 2 is 2.04 bits per heavy atom. The minimum Gasteiger partial charge on any atom is -0.491 e. The number of nitrogens with two attached hydrogens (primary N) is 1. The smallest absolute Gasteiger partial charge is 0.255 e. The number of nitrogens with zero attached hydrogens (tertiary/aromatic N) is 1. The van der Waals surface area contributed by atoms with Crippen molar-refractivity contribution >= 4 is 5.91 Å². The van der Waals surface area contributed by atoms with Gasteiger partial charge < -0.3 is 20.5 Å². The molecule has 6 nitrogen and oxygen atoms in total. The molecule has 0 aliphatic heterocycles. The third kappa shape index (κ3) is 5.19. The molecule has 1 fully saturated rings. The Labute approximate surface area is 164 Å². The molecule has 1 heterocycles. The highest BCUT2D eigenvalue weighted by molar-refractivity contribution is 5.97. The van der Waals surface area contributed by atoms with Crippen molar-refractivity contribution in [2.75, 3.05) is 13.2 Å². The molecule has 0 radical (unpaired) electrons. The molecule has 1 aliphatic rings. The molecular formula is C21H26FN3O3. The van der Waals surface area contributed by atoms with Crippen molar-refractivity contribution in [3.05, 3.63) is 53.6 Å². The predicted molar refractivity (Wildman–Crippen MR) is 104 cm³/mol. The molecular weight excluding hydrogens is 361 g/mol. The lowest BCUT2D eigenvalue weighted by Gasteiger charge is -2.30. The Hall–Kier alpha value is -2.67. The van der Waals surface area contributed by atoms with E-state index in [4.69, 9.17) is 15.2 Å². The van der Waals surface area contributed by atoms with Crippen molar-refractivity contribution in [1.29, 1.82) is 0 Å². The molecule has 7 heteroatoms. The molecule has 2 aromatic rings. The second-order valence-corrected chi connectivity index (χ2v) is 6.93. The van der Waals surface area contributed by atoms with E-state index < -0.39 is 5.82 Å². The SMILES string of the molecule is Cc1ncccc1OC1CCC(NC(=O)c2cc(F)ccc2OCCN)CC1. The fourth-order valence-electron chi connectivity index (χ4n) is 3.34. The molecule has 0 unspecified atom stereocenters. The van der Waals surface area contributed by atoms with Gasteiger partial charge in [-0.3, -0.25) is 9.78 Å². The zero-order valence-corrected chi connectivity index (χ0v) is 16.0. The van der Waals surface area contributed by atoms with Gasteiger partial charge in [-0.2, -0.15) is 0 Å². The first kappa shape index (κ1) is 20.1. The van der Waals surface area contributed by atoms with Crippen LogP contribution in [0, 0.1) is 12.7 Å². The molecule has 28 heavy (non-hydrogen) atoms. The average molecular weight is 387 g/mol. The second kappa shape index (κ2) is 9.50. The van der Waals surface area contributed by atoms with Crippen LogP contribution in [0.25, 0.3) is 0 Å². The van der Waals surface area contributed by atoms with Crippen LogP contribution in [0.2, 0.25) is 0 Å². The molecule has 1 saturated carbocycles. The van der Waals surface area contributed by atoms with Crippen LogP contribution in [-0.4, -0.2) is 36.2 Å². The Morgan fingerprint density at radius 3 is 2.75 bits per heavy atom. The quantitative estimate of drug-likeness (QED) is 0.763. The summed E-state index contributed by atoms with van der Waals surface area (Å²) in [5, 5.41) is 2.99. The van der Waals surface area contributed by atoms with Gasteiger partial charge in [0.25, 0.3) is 5.91 Å². The Kier molecular flexibility index (Phi) is 6.81. The highest BCUT2D eigenvalue weighted by atomic mass is 19.1. The number of rotatable bonds is 7. The summed E-state index contributed by atoms with van der Waals surface area (Å²) in [6, 6.07) is 7.72. The first-order valence-electron chi connectivity index (χ1n) is 9.58. The maximum absolute atomic E-state index is 13.6. The van der Waals surface area contributed by atoms with Crippen LogP contribution in [0.5, 0.6) is 11.5 Å². The molecule has 0 bridgehead atoms. The summed E-state index contributed by atoms with van der Waals surface area (Å²) in [5.74, 6) is 0.332. The molecule has 3 rings (SSSR count). The molecule has 1 amide bonds. The number of carbonyl (C=O) groups excluding carboxylic acids is 1. The number of benzene rings is 1. The fraction of sp³-hybridized carbons (Fsp3) is 0.429. The van der Waals surface area contributed by atoms with Crippen LogP contribution in [0.1, 0.15) is 41.7 Å². The van der Waals surface area contributed by atoms with Gasteiger partial charge in [-0.15, -0.1) is 0 Å². The van der Waals surface area contributed by atoms with Gasteiger partial charge in [0.15, 0.2) is 0 Å². The number of halogens is 1. The van der Waals surface area contributed by atoms with Gasteiger partial charge in [0.05, 0.1) is 17.4 Å². The Bertz CT molecular complexity index is 807. The van der Waals surface area contributed by atoms with Crippen LogP contribution < -0.4 is 20.5 Å². The standard InChI is InChI=1S/C21H26FN3O3/c1-14-19(3-2-11-24-14)28-17-7-5-16(6-8-17)25-21(26)18-13-15(22)4-9-20(18)27-12-10-23/h2-4,9,11,13,16-17H,5-8,10,12,23H2,1H3,(H,25,26). The summed E-state index contributed by atoms with van der Waals surface area (Å²) in [5.41, 5.74) is 6.51. The van der Waals surface area contributed by atoms with E-state index in [0.717, 1.165) is 37.1 Å². The summed E-state index contributed by atoms with van der Waals surface area (Å²) in [7, 11) is 0. The van der Waals surface area contributed by atoms with E-state index >= 15 is 0 Å². The molecule has 0 atom stereocenters. The van der Waals surface area contributed by atoms with Gasteiger partial charge in [-0.1, -0.05) is 0 Å². The van der Waals surface area contributed by atoms with E-state index in [1.54, 1.807) is 6.20 Å². The lowest BCUT2D eigenvalue weighted by Crippen LogP contribution is -2.40. The first-order chi connectivity index (χ1) is 13.6. The van der Waals surface area contributed by atoms with Crippen LogP contribution in [0.3, 0.4) is 0 Å².